The van der Waals surface area contributed by atoms with Crippen molar-refractivity contribution >= 4 is 11.6 Å². The van der Waals surface area contributed by atoms with Gasteiger partial charge in [0.2, 0.25) is 0 Å². The van der Waals surface area contributed by atoms with Crippen molar-refractivity contribution in [2.45, 2.75) is 95.7 Å². The van der Waals surface area contributed by atoms with Crippen molar-refractivity contribution in [3.63, 3.8) is 0 Å². The van der Waals surface area contributed by atoms with E-state index in [0.717, 1.165) is 36.4 Å². The standard InChI is InChI=1S/C32H18F26N2O2/c33-21(34,23(37,38)25(41,42)27(45,46)29(49,50)31(53,54)55)19-15(17(61)13-7-3-1-4-8-13)59(19)11-12-60-16(18(62)14-9-5-2-6-10-14)20(60)22(35,36)24(39,40)26(43,44)28(47,48)30(51,52)32(56,57)58/h1-10,15-16,19-20H,11-12H2. The van der Waals surface area contributed by atoms with Crippen LogP contribution in [0.4, 0.5) is 114 Å². The number of hydrogen-bond donors (Lipinski definition) is 0. The normalized spacial score (nSPS) is 23.9. The minimum atomic E-state index is -8.46. The molecule has 0 aromatic heterocycles. The van der Waals surface area contributed by atoms with E-state index in [1.807, 2.05) is 0 Å². The second-order valence-corrected chi connectivity index (χ2v) is 13.6. The summed E-state index contributed by atoms with van der Waals surface area (Å²) in [5.74, 6) is -84.6. The molecule has 2 aliphatic rings. The number of ketones is 2. The van der Waals surface area contributed by atoms with Crippen LogP contribution >= 0.6 is 0 Å². The van der Waals surface area contributed by atoms with Crippen LogP contribution in [0.2, 0.25) is 0 Å². The van der Waals surface area contributed by atoms with Gasteiger partial charge >= 0.3 is 71.6 Å². The monoisotopic (exact) mass is 956 g/mol. The van der Waals surface area contributed by atoms with Gasteiger partial charge in [0.1, 0.15) is 12.1 Å². The first-order chi connectivity index (χ1) is 27.5. The van der Waals surface area contributed by atoms with Crippen LogP contribution in [0.5, 0.6) is 0 Å². The summed E-state index contributed by atoms with van der Waals surface area (Å²) in [6, 6.07) is -6.60. The lowest BCUT2D eigenvalue weighted by Crippen LogP contribution is -2.71. The summed E-state index contributed by atoms with van der Waals surface area (Å²) in [7, 11) is 0. The van der Waals surface area contributed by atoms with Gasteiger partial charge in [-0.1, -0.05) is 60.7 Å². The van der Waals surface area contributed by atoms with E-state index < -0.39 is 141 Å². The molecule has 2 aliphatic heterocycles. The molecule has 0 bridgehead atoms. The molecule has 2 heterocycles. The van der Waals surface area contributed by atoms with E-state index in [4.69, 9.17) is 0 Å². The molecule has 30 heteroatoms. The number of benzene rings is 2. The van der Waals surface area contributed by atoms with Gasteiger partial charge in [-0.2, -0.15) is 114 Å². The van der Waals surface area contributed by atoms with Crippen molar-refractivity contribution in [1.29, 1.82) is 0 Å². The highest BCUT2D eigenvalue weighted by Gasteiger charge is 2.94. The number of carbonyl (C=O) groups excluding carboxylic acids is 2. The number of halogens is 26. The molecule has 0 spiro atoms. The number of hydrogen-bond acceptors (Lipinski definition) is 4. The average molecular weight is 956 g/mol. The number of rotatable bonds is 17. The van der Waals surface area contributed by atoms with Gasteiger partial charge in [0.25, 0.3) is 0 Å². The van der Waals surface area contributed by atoms with Crippen LogP contribution < -0.4 is 0 Å². The lowest BCUT2D eigenvalue weighted by molar-refractivity contribution is -0.440. The lowest BCUT2D eigenvalue weighted by Gasteiger charge is -2.40. The zero-order chi connectivity index (χ0) is 48.3. The Morgan fingerprint density at radius 1 is 0.355 bits per heavy atom. The summed E-state index contributed by atoms with van der Waals surface area (Å²) in [6.45, 7) is -4.06. The molecule has 0 amide bonds. The molecule has 2 saturated heterocycles. The summed E-state index contributed by atoms with van der Waals surface area (Å²) in [5.41, 5.74) is -1.84. The van der Waals surface area contributed by atoms with E-state index >= 15 is 17.6 Å². The number of nitrogens with zero attached hydrogens (tertiary/aromatic N) is 2. The van der Waals surface area contributed by atoms with E-state index in [9.17, 15) is 106 Å². The molecule has 0 aliphatic carbocycles. The van der Waals surface area contributed by atoms with E-state index in [0.29, 0.717) is 24.3 Å². The van der Waals surface area contributed by atoms with Crippen LogP contribution in [0.1, 0.15) is 20.7 Å². The number of carbonyl (C=O) groups is 2. The molecule has 6 unspecified atom stereocenters. The summed E-state index contributed by atoms with van der Waals surface area (Å²) in [6.07, 6.45) is -15.7. The molecule has 4 rings (SSSR count). The fourth-order valence-electron chi connectivity index (χ4n) is 6.22. The van der Waals surface area contributed by atoms with Gasteiger partial charge < -0.3 is 0 Å². The van der Waals surface area contributed by atoms with Gasteiger partial charge in [0, 0.05) is 24.2 Å². The van der Waals surface area contributed by atoms with Gasteiger partial charge in [-0.25, -0.2) is 0 Å². The summed E-state index contributed by atoms with van der Waals surface area (Å²) in [4.78, 5) is 24.8. The minimum absolute atomic E-state index is 0.620. The van der Waals surface area contributed by atoms with Crippen LogP contribution in [0.3, 0.4) is 0 Å². The third kappa shape index (κ3) is 7.02. The maximum absolute atomic E-state index is 15.4. The quantitative estimate of drug-likeness (QED) is 0.0900. The molecular weight excluding hydrogens is 938 g/mol. The summed E-state index contributed by atoms with van der Waals surface area (Å²) >= 11 is 0. The van der Waals surface area contributed by atoms with Gasteiger partial charge in [0.15, 0.2) is 11.6 Å². The Kier molecular flexibility index (Phi) is 12.0. The van der Waals surface area contributed by atoms with E-state index in [1.54, 1.807) is 0 Å². The second-order valence-electron chi connectivity index (χ2n) is 13.6. The predicted molar refractivity (Wildman–Crippen MR) is 152 cm³/mol. The van der Waals surface area contributed by atoms with Crippen LogP contribution in [0.25, 0.3) is 0 Å². The zero-order valence-electron chi connectivity index (χ0n) is 29.0. The summed E-state index contributed by atoms with van der Waals surface area (Å²) < 4.78 is 364. The molecule has 2 fully saturated rings. The highest BCUT2D eigenvalue weighted by molar-refractivity contribution is 6.03. The molecular formula is C32H18F26N2O2. The Morgan fingerprint density at radius 3 is 0.806 bits per heavy atom. The minimum Gasteiger partial charge on any atom is -0.292 e. The average Bonchev–Trinajstić information content (AvgIpc) is 4.06. The van der Waals surface area contributed by atoms with Crippen LogP contribution in [-0.2, 0) is 0 Å². The van der Waals surface area contributed by atoms with Gasteiger partial charge in [0.05, 0.1) is 12.1 Å². The van der Waals surface area contributed by atoms with Gasteiger partial charge in [-0.15, -0.1) is 0 Å². The fourth-order valence-corrected chi connectivity index (χ4v) is 6.22. The zero-order valence-corrected chi connectivity index (χ0v) is 29.0. The highest BCUT2D eigenvalue weighted by Crippen LogP contribution is 2.65. The topological polar surface area (TPSA) is 40.2 Å². The van der Waals surface area contributed by atoms with Gasteiger partial charge in [-0.3, -0.25) is 19.4 Å². The summed E-state index contributed by atoms with van der Waals surface area (Å²) in [5, 5.41) is 0. The molecule has 0 saturated carbocycles. The Morgan fingerprint density at radius 2 is 0.581 bits per heavy atom. The Balaban J connectivity index is 1.79. The molecule has 0 N–H and O–H groups in total. The second kappa shape index (κ2) is 14.7. The van der Waals surface area contributed by atoms with Crippen molar-refractivity contribution < 1.29 is 124 Å². The Labute approximate surface area is 326 Å². The Bertz CT molecular complexity index is 1840. The molecule has 2 aromatic rings. The molecule has 350 valence electrons. The first-order valence-electron chi connectivity index (χ1n) is 16.1. The largest absolute Gasteiger partial charge is 0.460 e. The van der Waals surface area contributed by atoms with E-state index in [2.05, 4.69) is 0 Å². The fraction of sp³-hybridized carbons (Fsp3) is 0.562. The van der Waals surface area contributed by atoms with E-state index in [-0.39, 0.29) is 0 Å². The van der Waals surface area contributed by atoms with Crippen molar-refractivity contribution in [3.05, 3.63) is 71.8 Å². The Hall–Kier alpha value is -4.12. The molecule has 0 radical (unpaired) electrons. The van der Waals surface area contributed by atoms with Crippen molar-refractivity contribution in [2.75, 3.05) is 13.1 Å². The number of Topliss-reactive ketones (excluding diaryl/α,β-unsaturated/α-hetero) is 2. The third-order valence-electron chi connectivity index (χ3n) is 9.78. The number of alkyl halides is 26. The van der Waals surface area contributed by atoms with Crippen molar-refractivity contribution in [1.82, 2.24) is 9.80 Å². The van der Waals surface area contributed by atoms with Gasteiger partial charge in [-0.05, 0) is 0 Å². The maximum atomic E-state index is 15.4. The van der Waals surface area contributed by atoms with Crippen LogP contribution in [-0.4, -0.2) is 130 Å². The van der Waals surface area contributed by atoms with Crippen LogP contribution in [0.15, 0.2) is 60.7 Å². The van der Waals surface area contributed by atoms with Crippen molar-refractivity contribution in [2.24, 2.45) is 0 Å². The van der Waals surface area contributed by atoms with E-state index in [1.165, 1.54) is 0 Å². The molecule has 6 atom stereocenters. The third-order valence-corrected chi connectivity index (χ3v) is 9.78. The smallest absolute Gasteiger partial charge is 0.292 e. The lowest BCUT2D eigenvalue weighted by atomic mass is 9.91. The molecule has 2 aromatic carbocycles. The predicted octanol–water partition coefficient (Wildman–Crippen LogP) is 10.3. The molecule has 4 nitrogen and oxygen atoms in total. The first-order valence-corrected chi connectivity index (χ1v) is 16.1. The SMILES string of the molecule is O=C(c1ccccc1)C1C(C(F)(F)C(F)(F)C(F)(F)C(F)(F)C(F)(F)C(F)(F)F)N1CCN1C(C(=O)c2ccccc2)C1C(F)(F)C(F)(F)C(F)(F)C(F)(F)C(F)(F)C(F)(F)F. The molecule has 62 heavy (non-hydrogen) atoms. The van der Waals surface area contributed by atoms with Crippen molar-refractivity contribution in [3.8, 4) is 0 Å². The first kappa shape index (κ1) is 50.5. The van der Waals surface area contributed by atoms with Crippen LogP contribution in [0, 0.1) is 0 Å². The highest BCUT2D eigenvalue weighted by atomic mass is 19.4. The maximum Gasteiger partial charge on any atom is 0.460 e.